The van der Waals surface area contributed by atoms with Crippen molar-refractivity contribution in [2.45, 2.75) is 39.7 Å². The van der Waals surface area contributed by atoms with Crippen molar-refractivity contribution in [1.29, 1.82) is 0 Å². The quantitative estimate of drug-likeness (QED) is 0.573. The van der Waals surface area contributed by atoms with Crippen LogP contribution in [0.25, 0.3) is 10.4 Å². The number of thiazole rings is 1. The predicted octanol–water partition coefficient (Wildman–Crippen LogP) is 4.56. The first kappa shape index (κ1) is 22.3. The van der Waals surface area contributed by atoms with E-state index in [4.69, 9.17) is 4.74 Å². The topological polar surface area (TPSA) is 71.5 Å². The maximum absolute atomic E-state index is 13.8. The van der Waals surface area contributed by atoms with Crippen LogP contribution in [0.4, 0.5) is 0 Å². The molecule has 180 valence electrons. The normalized spacial score (nSPS) is 21.9. The molecular formula is C28H29N3O3S. The molecule has 2 aromatic carbocycles. The summed E-state index contributed by atoms with van der Waals surface area (Å²) in [5, 5.41) is 4.01. The number of likely N-dealkylation sites (tertiary alicyclic amines) is 1. The fourth-order valence-corrected chi connectivity index (χ4v) is 6.49. The van der Waals surface area contributed by atoms with E-state index in [9.17, 15) is 9.59 Å². The van der Waals surface area contributed by atoms with Gasteiger partial charge in [0.15, 0.2) is 0 Å². The van der Waals surface area contributed by atoms with Gasteiger partial charge < -0.3 is 15.0 Å². The van der Waals surface area contributed by atoms with Crippen molar-refractivity contribution in [3.63, 3.8) is 0 Å². The van der Waals surface area contributed by atoms with Crippen molar-refractivity contribution < 1.29 is 14.3 Å². The summed E-state index contributed by atoms with van der Waals surface area (Å²) in [6.07, 6.45) is 1.88. The molecular weight excluding hydrogens is 458 g/mol. The number of hydrogen-bond acceptors (Lipinski definition) is 5. The maximum atomic E-state index is 13.8. The Bertz CT molecular complexity index is 1350. The van der Waals surface area contributed by atoms with Crippen LogP contribution < -0.4 is 10.1 Å². The molecule has 7 heteroatoms. The zero-order valence-electron chi connectivity index (χ0n) is 20.3. The van der Waals surface area contributed by atoms with Gasteiger partial charge in [-0.15, -0.1) is 11.3 Å². The Morgan fingerprint density at radius 3 is 2.86 bits per heavy atom. The lowest BCUT2D eigenvalue weighted by Crippen LogP contribution is -2.45. The molecule has 3 aliphatic rings. The van der Waals surface area contributed by atoms with Gasteiger partial charge in [0.1, 0.15) is 11.4 Å². The number of aryl methyl sites for hydroxylation is 3. The molecule has 1 N–H and O–H groups in total. The standard InChI is InChI=1S/C28H29N3O3S/c1-15-7-8-18(11-16(15)2)26-25(30-17(3)35-26)28(33)31-14-19-12-22(19)23(31)13-29-27(32)21-5-4-6-24-20(21)9-10-34-24/h4-8,11,19,22-23H,9-10,12-14H2,1-3H3,(H,29,32)/t19-,22-,23+/m0/s1. The zero-order valence-corrected chi connectivity index (χ0v) is 21.1. The van der Waals surface area contributed by atoms with Crippen LogP contribution in [-0.2, 0) is 6.42 Å². The van der Waals surface area contributed by atoms with Crippen LogP contribution in [0.15, 0.2) is 36.4 Å². The van der Waals surface area contributed by atoms with Gasteiger partial charge in [-0.2, -0.15) is 0 Å². The Hall–Kier alpha value is -3.19. The van der Waals surface area contributed by atoms with E-state index in [0.717, 1.165) is 46.1 Å². The molecule has 2 aliphatic heterocycles. The Labute approximate surface area is 209 Å². The molecule has 2 amide bonds. The van der Waals surface area contributed by atoms with Gasteiger partial charge in [-0.05, 0) is 67.9 Å². The molecule has 0 bridgehead atoms. The number of amides is 2. The third-order valence-electron chi connectivity index (χ3n) is 7.73. The smallest absolute Gasteiger partial charge is 0.274 e. The maximum Gasteiger partial charge on any atom is 0.274 e. The first-order chi connectivity index (χ1) is 16.9. The van der Waals surface area contributed by atoms with E-state index in [-0.39, 0.29) is 17.9 Å². The Morgan fingerprint density at radius 2 is 2.03 bits per heavy atom. The number of ether oxygens (including phenoxy) is 1. The summed E-state index contributed by atoms with van der Waals surface area (Å²) < 4.78 is 5.61. The van der Waals surface area contributed by atoms with E-state index in [1.54, 1.807) is 11.3 Å². The van der Waals surface area contributed by atoms with Gasteiger partial charge in [0.2, 0.25) is 0 Å². The lowest BCUT2D eigenvalue weighted by molar-refractivity contribution is 0.0690. The Morgan fingerprint density at radius 1 is 1.17 bits per heavy atom. The monoisotopic (exact) mass is 487 g/mol. The summed E-state index contributed by atoms with van der Waals surface area (Å²) in [5.74, 6) is 1.66. The summed E-state index contributed by atoms with van der Waals surface area (Å²) in [6.45, 7) is 7.95. The Balaban J connectivity index is 1.22. The van der Waals surface area contributed by atoms with Crippen molar-refractivity contribution in [3.05, 3.63) is 69.4 Å². The molecule has 2 fully saturated rings. The van der Waals surface area contributed by atoms with Crippen molar-refractivity contribution in [2.24, 2.45) is 11.8 Å². The molecule has 0 spiro atoms. The number of carbonyl (C=O) groups excluding carboxylic acids is 2. The number of piperidine rings is 1. The van der Waals surface area contributed by atoms with E-state index in [1.807, 2.05) is 30.0 Å². The SMILES string of the molecule is Cc1nc(C(=O)N2C[C@@H]3C[C@@H]3[C@H]2CNC(=O)c2cccc3c2CCO3)c(-c2ccc(C)c(C)c2)s1. The highest BCUT2D eigenvalue weighted by atomic mass is 32.1. The molecule has 1 saturated heterocycles. The number of aromatic nitrogens is 1. The molecule has 0 radical (unpaired) electrons. The van der Waals surface area contributed by atoms with E-state index >= 15 is 0 Å². The second kappa shape index (κ2) is 8.48. The molecule has 3 aromatic rings. The average molecular weight is 488 g/mol. The van der Waals surface area contributed by atoms with Gasteiger partial charge in [-0.1, -0.05) is 24.3 Å². The summed E-state index contributed by atoms with van der Waals surface area (Å²) in [5.41, 5.74) is 5.66. The second-order valence-electron chi connectivity index (χ2n) is 9.98. The summed E-state index contributed by atoms with van der Waals surface area (Å²) in [4.78, 5) is 34.4. The van der Waals surface area contributed by atoms with Crippen LogP contribution in [0, 0.1) is 32.6 Å². The minimum absolute atomic E-state index is 0.000860. The zero-order chi connectivity index (χ0) is 24.3. The summed E-state index contributed by atoms with van der Waals surface area (Å²) in [6, 6.07) is 11.9. The van der Waals surface area contributed by atoms with Crippen molar-refractivity contribution in [3.8, 4) is 16.2 Å². The predicted molar refractivity (Wildman–Crippen MR) is 136 cm³/mol. The van der Waals surface area contributed by atoms with Gasteiger partial charge >= 0.3 is 0 Å². The highest BCUT2D eigenvalue weighted by Crippen LogP contribution is 2.50. The van der Waals surface area contributed by atoms with Crippen LogP contribution >= 0.6 is 11.3 Å². The minimum atomic E-state index is -0.0934. The summed E-state index contributed by atoms with van der Waals surface area (Å²) >= 11 is 1.57. The van der Waals surface area contributed by atoms with Gasteiger partial charge in [-0.3, -0.25) is 9.59 Å². The van der Waals surface area contributed by atoms with E-state index in [1.165, 1.54) is 11.1 Å². The molecule has 6 rings (SSSR count). The first-order valence-electron chi connectivity index (χ1n) is 12.3. The van der Waals surface area contributed by atoms with Crippen molar-refractivity contribution >= 4 is 23.2 Å². The van der Waals surface area contributed by atoms with Crippen molar-refractivity contribution in [2.75, 3.05) is 19.7 Å². The van der Waals surface area contributed by atoms with Crippen LogP contribution in [0.2, 0.25) is 0 Å². The molecule has 1 saturated carbocycles. The molecule has 35 heavy (non-hydrogen) atoms. The third-order valence-corrected chi connectivity index (χ3v) is 8.75. The highest BCUT2D eigenvalue weighted by molar-refractivity contribution is 7.15. The number of fused-ring (bicyclic) bond motifs is 2. The van der Waals surface area contributed by atoms with Crippen LogP contribution in [0.5, 0.6) is 5.75 Å². The van der Waals surface area contributed by atoms with Crippen LogP contribution in [0.1, 0.15) is 49.0 Å². The van der Waals surface area contributed by atoms with E-state index in [0.29, 0.717) is 36.2 Å². The highest BCUT2D eigenvalue weighted by Gasteiger charge is 2.54. The van der Waals surface area contributed by atoms with Gasteiger partial charge in [-0.25, -0.2) is 4.98 Å². The summed E-state index contributed by atoms with van der Waals surface area (Å²) in [7, 11) is 0. The van der Waals surface area contributed by atoms with Gasteiger partial charge in [0, 0.05) is 30.6 Å². The first-order valence-corrected chi connectivity index (χ1v) is 13.1. The molecule has 0 unspecified atom stereocenters. The lowest BCUT2D eigenvalue weighted by Gasteiger charge is -2.27. The Kier molecular flexibility index (Phi) is 5.40. The van der Waals surface area contributed by atoms with Crippen LogP contribution in [0.3, 0.4) is 0 Å². The van der Waals surface area contributed by atoms with Gasteiger partial charge in [0.25, 0.3) is 11.8 Å². The fraction of sp³-hybridized carbons (Fsp3) is 0.393. The lowest BCUT2D eigenvalue weighted by atomic mass is 10.0. The van der Waals surface area contributed by atoms with Crippen LogP contribution in [-0.4, -0.2) is 47.4 Å². The number of hydrogen-bond donors (Lipinski definition) is 1. The number of nitrogens with one attached hydrogen (secondary N) is 1. The number of rotatable bonds is 5. The fourth-order valence-electron chi connectivity index (χ4n) is 5.58. The largest absolute Gasteiger partial charge is 0.493 e. The number of carbonyl (C=O) groups is 2. The molecule has 1 aromatic heterocycles. The third kappa shape index (κ3) is 3.92. The number of benzene rings is 2. The molecule has 3 heterocycles. The minimum Gasteiger partial charge on any atom is -0.493 e. The van der Waals surface area contributed by atoms with Crippen molar-refractivity contribution in [1.82, 2.24) is 15.2 Å². The number of nitrogens with zero attached hydrogens (tertiary/aromatic N) is 2. The molecule has 3 atom stereocenters. The molecule has 6 nitrogen and oxygen atoms in total. The van der Waals surface area contributed by atoms with E-state index < -0.39 is 0 Å². The second-order valence-corrected chi connectivity index (χ2v) is 11.2. The molecule has 1 aliphatic carbocycles. The average Bonchev–Trinajstić information content (AvgIpc) is 3.16. The van der Waals surface area contributed by atoms with Gasteiger partial charge in [0.05, 0.1) is 22.5 Å². The van der Waals surface area contributed by atoms with E-state index in [2.05, 4.69) is 42.3 Å².